The molecule has 0 aliphatic carbocycles. The Morgan fingerprint density at radius 2 is 1.95 bits per heavy atom. The van der Waals surface area contributed by atoms with Crippen LogP contribution in [0.4, 0.5) is 17.3 Å². The maximum Gasteiger partial charge on any atom is 0.673 e. The highest BCUT2D eigenvalue weighted by atomic mass is 19.5. The minimum Gasteiger partial charge on any atom is -0.418 e. The molecule has 19 heavy (non-hydrogen) atoms. The Labute approximate surface area is 109 Å². The van der Waals surface area contributed by atoms with E-state index in [1.165, 1.54) is 0 Å². The predicted molar refractivity (Wildman–Crippen MR) is 67.8 cm³/mol. The lowest BCUT2D eigenvalue weighted by molar-refractivity contribution is -0.00488. The molecule has 0 aromatic carbocycles. The first-order valence-corrected chi connectivity index (χ1v) is 5.78. The van der Waals surface area contributed by atoms with Gasteiger partial charge in [0, 0.05) is 11.8 Å². The largest absolute Gasteiger partial charge is 0.673 e. The second kappa shape index (κ2) is 8.60. The van der Waals surface area contributed by atoms with E-state index in [9.17, 15) is 17.3 Å². The first kappa shape index (κ1) is 17.5. The van der Waals surface area contributed by atoms with Gasteiger partial charge in [0.15, 0.2) is 0 Å². The number of dihydropyridines is 1. The van der Waals surface area contributed by atoms with E-state index < -0.39 is 7.25 Å². The third-order valence-electron chi connectivity index (χ3n) is 2.27. The molecule has 0 radical (unpaired) electrons. The number of rotatable bonds is 4. The first-order chi connectivity index (χ1) is 8.77. The zero-order valence-corrected chi connectivity index (χ0v) is 10.6. The van der Waals surface area contributed by atoms with E-state index in [0.29, 0.717) is 12.3 Å². The van der Waals surface area contributed by atoms with Crippen LogP contribution in [-0.2, 0) is 0 Å². The summed E-state index contributed by atoms with van der Waals surface area (Å²) < 4.78 is 39.0. The number of aliphatic imine (C=N–C) groups is 1. The quantitative estimate of drug-likeness (QED) is 0.277. The van der Waals surface area contributed by atoms with Crippen molar-refractivity contribution in [1.29, 1.82) is 0 Å². The normalized spacial score (nSPS) is 14.9. The van der Waals surface area contributed by atoms with Crippen LogP contribution in [0, 0.1) is 0 Å². The fourth-order valence-corrected chi connectivity index (χ4v) is 1.45. The highest BCUT2D eigenvalue weighted by Crippen LogP contribution is 2.10. The van der Waals surface area contributed by atoms with Crippen molar-refractivity contribution in [2.75, 3.05) is 13.1 Å². The van der Waals surface area contributed by atoms with Crippen LogP contribution in [0.25, 0.3) is 5.53 Å². The first-order valence-electron chi connectivity index (χ1n) is 5.78. The van der Waals surface area contributed by atoms with Crippen molar-refractivity contribution in [2.45, 2.75) is 26.2 Å². The van der Waals surface area contributed by atoms with Crippen molar-refractivity contribution in [2.24, 2.45) is 10.7 Å². The molecule has 1 heterocycles. The molecule has 4 nitrogen and oxygen atoms in total. The van der Waals surface area contributed by atoms with Gasteiger partial charge in [0.05, 0.1) is 0 Å². The second-order valence-corrected chi connectivity index (χ2v) is 3.92. The third-order valence-corrected chi connectivity index (χ3v) is 2.27. The van der Waals surface area contributed by atoms with E-state index in [4.69, 9.17) is 11.3 Å². The average Bonchev–Trinajstić information content (AvgIpc) is 2.29. The minimum atomic E-state index is -6.00. The molecule has 0 unspecified atom stereocenters. The van der Waals surface area contributed by atoms with Crippen LogP contribution in [0.3, 0.4) is 0 Å². The number of nitrogens with two attached hydrogens (primary N) is 1. The summed E-state index contributed by atoms with van der Waals surface area (Å²) in [4.78, 5) is 7.49. The van der Waals surface area contributed by atoms with E-state index in [1.54, 1.807) is 0 Å². The Balaban J connectivity index is 0.000000555. The number of nitrogens with zero attached hydrogens (tertiary/aromatic N) is 3. The molecule has 1 rings (SSSR count). The van der Waals surface area contributed by atoms with Crippen molar-refractivity contribution < 1.29 is 22.1 Å². The Morgan fingerprint density at radius 3 is 2.37 bits per heavy atom. The van der Waals surface area contributed by atoms with Gasteiger partial charge in [-0.15, -0.1) is 0 Å². The van der Waals surface area contributed by atoms with Gasteiger partial charge in [-0.25, -0.2) is 0 Å². The van der Waals surface area contributed by atoms with Gasteiger partial charge < -0.3 is 28.5 Å². The van der Waals surface area contributed by atoms with Crippen molar-refractivity contribution >= 4 is 18.7 Å². The van der Waals surface area contributed by atoms with E-state index in [1.807, 2.05) is 13.0 Å². The smallest absolute Gasteiger partial charge is 0.418 e. The van der Waals surface area contributed by atoms with Gasteiger partial charge in [-0.2, -0.15) is 4.79 Å². The van der Waals surface area contributed by atoms with Crippen LogP contribution in [0.1, 0.15) is 26.2 Å². The number of hydrogen-bond donors (Lipinski definition) is 1. The second-order valence-electron chi connectivity index (χ2n) is 3.92. The Hall–Kier alpha value is -1.47. The average molecular weight is 279 g/mol. The van der Waals surface area contributed by atoms with Crippen LogP contribution in [-0.4, -0.2) is 36.6 Å². The SMILES string of the molecule is CC1=CC(=[N+]=[N-])CN=C1CCCCN.F[B-](F)(F)F. The predicted octanol–water partition coefficient (Wildman–Crippen LogP) is 2.49. The Bertz CT molecular complexity index is 391. The summed E-state index contributed by atoms with van der Waals surface area (Å²) in [5.74, 6) is 0. The molecule has 108 valence electrons. The molecule has 0 amide bonds. The molecule has 0 aromatic rings. The van der Waals surface area contributed by atoms with Gasteiger partial charge in [0.25, 0.3) is 0 Å². The minimum absolute atomic E-state index is 0.492. The van der Waals surface area contributed by atoms with Crippen molar-refractivity contribution in [3.63, 3.8) is 0 Å². The van der Waals surface area contributed by atoms with Crippen molar-refractivity contribution in [3.05, 3.63) is 17.2 Å². The molecule has 0 atom stereocenters. The Kier molecular flexibility index (Phi) is 7.94. The van der Waals surface area contributed by atoms with E-state index in [2.05, 4.69) is 9.78 Å². The molecular formula is C10H16BF4N4-. The monoisotopic (exact) mass is 279 g/mol. The molecule has 1 aliphatic heterocycles. The molecule has 0 fully saturated rings. The van der Waals surface area contributed by atoms with Gasteiger partial charge in [0.1, 0.15) is 6.54 Å². The molecule has 0 saturated heterocycles. The lowest BCUT2D eigenvalue weighted by atomic mass is 10.0. The zero-order valence-electron chi connectivity index (χ0n) is 10.6. The highest BCUT2D eigenvalue weighted by molar-refractivity contribution is 6.50. The Morgan fingerprint density at radius 1 is 1.37 bits per heavy atom. The highest BCUT2D eigenvalue weighted by Gasteiger charge is 2.20. The fraction of sp³-hybridized carbons (Fsp3) is 0.600. The molecular weight excluding hydrogens is 263 g/mol. The van der Waals surface area contributed by atoms with Gasteiger partial charge in [0.2, 0.25) is 0 Å². The molecule has 0 saturated carbocycles. The summed E-state index contributed by atoms with van der Waals surface area (Å²) in [6, 6.07) is 0. The molecule has 2 N–H and O–H groups in total. The molecule has 1 aliphatic rings. The lowest BCUT2D eigenvalue weighted by Crippen LogP contribution is -2.14. The maximum atomic E-state index is 9.75. The number of unbranched alkanes of at least 4 members (excludes halogenated alkanes) is 1. The zero-order chi connectivity index (χ0) is 14.9. The summed E-state index contributed by atoms with van der Waals surface area (Å²) in [6.45, 7) is 3.22. The van der Waals surface area contributed by atoms with Gasteiger partial charge in [-0.1, -0.05) is 0 Å². The molecule has 0 aromatic heterocycles. The van der Waals surface area contributed by atoms with Gasteiger partial charge >= 0.3 is 13.0 Å². The van der Waals surface area contributed by atoms with Crippen LogP contribution in [0.2, 0.25) is 0 Å². The molecule has 0 spiro atoms. The molecule has 0 bridgehead atoms. The molecule has 9 heteroatoms. The number of allylic oxidation sites excluding steroid dienone is 1. The standard InChI is InChI=1S/C10H16N4.BF4/c1-8-6-9(14-12)7-13-10(8)4-2-3-5-11;2-1(3,4)5/h6H,2-5,7,11H2,1H3;/q;-1. The van der Waals surface area contributed by atoms with E-state index >= 15 is 0 Å². The summed E-state index contributed by atoms with van der Waals surface area (Å²) in [5.41, 5.74) is 16.8. The summed E-state index contributed by atoms with van der Waals surface area (Å²) in [7, 11) is -6.00. The summed E-state index contributed by atoms with van der Waals surface area (Å²) >= 11 is 0. The summed E-state index contributed by atoms with van der Waals surface area (Å²) in [5, 5.41) is 0. The number of hydrogen-bond acceptors (Lipinski definition) is 2. The third kappa shape index (κ3) is 10.2. The van der Waals surface area contributed by atoms with E-state index in [-0.39, 0.29) is 0 Å². The van der Waals surface area contributed by atoms with Gasteiger partial charge in [-0.05, 0) is 38.3 Å². The van der Waals surface area contributed by atoms with Crippen LogP contribution < -0.4 is 5.73 Å². The number of halogens is 4. The van der Waals surface area contributed by atoms with E-state index in [0.717, 1.165) is 37.1 Å². The van der Waals surface area contributed by atoms with Crippen molar-refractivity contribution in [1.82, 2.24) is 0 Å². The van der Waals surface area contributed by atoms with Crippen LogP contribution >= 0.6 is 0 Å². The lowest BCUT2D eigenvalue weighted by Gasteiger charge is -2.08. The summed E-state index contributed by atoms with van der Waals surface area (Å²) in [6.07, 6.45) is 4.96. The fourth-order valence-electron chi connectivity index (χ4n) is 1.45. The topological polar surface area (TPSA) is 74.8 Å². The van der Waals surface area contributed by atoms with Crippen molar-refractivity contribution in [3.8, 4) is 0 Å². The van der Waals surface area contributed by atoms with Gasteiger partial charge in [-0.3, -0.25) is 4.99 Å². The maximum absolute atomic E-state index is 9.75. The van der Waals surface area contributed by atoms with Crippen LogP contribution in [0.5, 0.6) is 0 Å². The van der Waals surface area contributed by atoms with Crippen LogP contribution in [0.15, 0.2) is 16.6 Å².